The molecule has 3 aromatic rings. The van der Waals surface area contributed by atoms with E-state index in [1.165, 1.54) is 10.6 Å². The van der Waals surface area contributed by atoms with Crippen molar-refractivity contribution in [3.63, 3.8) is 0 Å². The molecule has 8 nitrogen and oxygen atoms in total. The Morgan fingerprint density at radius 2 is 1.68 bits per heavy atom. The average molecular weight is 501 g/mol. The van der Waals surface area contributed by atoms with E-state index in [-0.39, 0.29) is 4.90 Å². The van der Waals surface area contributed by atoms with E-state index < -0.39 is 10.0 Å². The van der Waals surface area contributed by atoms with Gasteiger partial charge in [0.2, 0.25) is 15.9 Å². The minimum absolute atomic E-state index is 0.269. The van der Waals surface area contributed by atoms with Gasteiger partial charge in [0.05, 0.1) is 31.1 Å². The number of nitrogens with zero attached hydrogens (tertiary/aromatic N) is 4. The molecule has 180 valence electrons. The van der Waals surface area contributed by atoms with Crippen LogP contribution in [0.5, 0.6) is 0 Å². The fourth-order valence-electron chi connectivity index (χ4n) is 4.66. The van der Waals surface area contributed by atoms with Crippen molar-refractivity contribution in [2.75, 3.05) is 44.2 Å². The molecule has 0 bridgehead atoms. The highest BCUT2D eigenvalue weighted by Gasteiger charge is 2.27. The van der Waals surface area contributed by atoms with Gasteiger partial charge >= 0.3 is 0 Å². The third kappa shape index (κ3) is 4.95. The van der Waals surface area contributed by atoms with Gasteiger partial charge in [-0.05, 0) is 55.4 Å². The van der Waals surface area contributed by atoms with Crippen LogP contribution in [0.2, 0.25) is 0 Å². The van der Waals surface area contributed by atoms with Crippen LogP contribution < -0.4 is 9.80 Å². The molecule has 0 unspecified atom stereocenters. The predicted molar refractivity (Wildman–Crippen MR) is 133 cm³/mol. The maximum Gasteiger partial charge on any atom is 0.292 e. The Balaban J connectivity index is 1.28. The number of hydrogen-bond donors (Lipinski definition) is 1. The Kier molecular flexibility index (Phi) is 6.82. The fraction of sp³-hybridized carbons (Fsp3) is 0.417. The minimum atomic E-state index is -3.52. The van der Waals surface area contributed by atoms with Gasteiger partial charge in [-0.1, -0.05) is 30.7 Å². The standard InChI is InChI=1S/C24H29N5O3S2/c30-34(31,28-12-5-2-6-13-28)22-11-7-8-20(18-22)23-25-29(24(33)32-23)19-26-14-16-27(17-15-26)21-9-3-1-4-10-21/h1,3-4,7-11,18H,2,5-6,12-17,19H2/p+1. The molecule has 3 heterocycles. The summed E-state index contributed by atoms with van der Waals surface area (Å²) < 4.78 is 35.2. The number of para-hydroxylation sites is 1. The summed E-state index contributed by atoms with van der Waals surface area (Å²) in [6, 6.07) is 17.3. The molecule has 10 heteroatoms. The summed E-state index contributed by atoms with van der Waals surface area (Å²) in [4.78, 5) is 4.35. The second-order valence-corrected chi connectivity index (χ2v) is 11.2. The van der Waals surface area contributed by atoms with E-state index in [0.29, 0.717) is 36.0 Å². The van der Waals surface area contributed by atoms with Gasteiger partial charge in [0, 0.05) is 24.3 Å². The third-order valence-electron chi connectivity index (χ3n) is 6.61. The molecular formula is C24H30N5O3S2+. The fourth-order valence-corrected chi connectivity index (χ4v) is 6.40. The topological polar surface area (TPSA) is 76.0 Å². The zero-order valence-electron chi connectivity index (χ0n) is 19.1. The molecule has 0 spiro atoms. The van der Waals surface area contributed by atoms with Crippen LogP contribution in [-0.2, 0) is 16.7 Å². The van der Waals surface area contributed by atoms with Gasteiger partial charge in [-0.15, -0.1) is 5.10 Å². The van der Waals surface area contributed by atoms with Gasteiger partial charge in [-0.3, -0.25) is 0 Å². The molecule has 0 aliphatic carbocycles. The van der Waals surface area contributed by atoms with Crippen molar-refractivity contribution in [2.24, 2.45) is 0 Å². The molecule has 0 atom stereocenters. The summed E-state index contributed by atoms with van der Waals surface area (Å²) in [7, 11) is -3.52. The first-order valence-electron chi connectivity index (χ1n) is 11.8. The van der Waals surface area contributed by atoms with Crippen molar-refractivity contribution in [2.45, 2.75) is 30.8 Å². The molecule has 0 amide bonds. The number of quaternary nitrogens is 1. The molecular weight excluding hydrogens is 470 g/mol. The quantitative estimate of drug-likeness (QED) is 0.524. The van der Waals surface area contributed by atoms with E-state index in [1.807, 2.05) is 12.1 Å². The highest BCUT2D eigenvalue weighted by Crippen LogP contribution is 2.25. The normalized spacial score (nSPS) is 18.3. The Hall–Kier alpha value is -2.53. The number of piperazine rings is 1. The summed E-state index contributed by atoms with van der Waals surface area (Å²) >= 11 is 5.43. The summed E-state index contributed by atoms with van der Waals surface area (Å²) in [6.45, 7) is 5.65. The van der Waals surface area contributed by atoms with Crippen LogP contribution in [-0.4, -0.2) is 61.8 Å². The Morgan fingerprint density at radius 3 is 2.41 bits per heavy atom. The Morgan fingerprint density at radius 1 is 0.941 bits per heavy atom. The molecule has 34 heavy (non-hydrogen) atoms. The molecule has 5 rings (SSSR count). The minimum Gasteiger partial charge on any atom is -0.409 e. The highest BCUT2D eigenvalue weighted by molar-refractivity contribution is 7.89. The highest BCUT2D eigenvalue weighted by atomic mass is 32.2. The van der Waals surface area contributed by atoms with Crippen LogP contribution in [0, 0.1) is 4.84 Å². The molecule has 2 aromatic carbocycles. The number of nitrogens with one attached hydrogen (secondary N) is 1. The van der Waals surface area contributed by atoms with Crippen LogP contribution in [0.3, 0.4) is 0 Å². The lowest BCUT2D eigenvalue weighted by molar-refractivity contribution is -0.924. The van der Waals surface area contributed by atoms with Gasteiger partial charge < -0.3 is 14.2 Å². The lowest BCUT2D eigenvalue weighted by Gasteiger charge is -2.33. The molecule has 1 N–H and O–H groups in total. The van der Waals surface area contributed by atoms with Crippen molar-refractivity contribution in [3.05, 3.63) is 59.4 Å². The second kappa shape index (κ2) is 9.99. The summed E-state index contributed by atoms with van der Waals surface area (Å²) in [5, 5.41) is 4.59. The first kappa shape index (κ1) is 23.2. The van der Waals surface area contributed by atoms with Crippen LogP contribution >= 0.6 is 12.2 Å². The van der Waals surface area contributed by atoms with Crippen LogP contribution in [0.25, 0.3) is 11.5 Å². The van der Waals surface area contributed by atoms with Crippen molar-refractivity contribution in [3.8, 4) is 11.5 Å². The number of benzene rings is 2. The van der Waals surface area contributed by atoms with E-state index in [2.05, 4.69) is 34.3 Å². The maximum absolute atomic E-state index is 13.1. The van der Waals surface area contributed by atoms with Crippen LogP contribution in [0.4, 0.5) is 5.69 Å². The summed E-state index contributed by atoms with van der Waals surface area (Å²) in [5.41, 5.74) is 1.87. The first-order chi connectivity index (χ1) is 16.5. The number of piperidine rings is 1. The molecule has 2 aliphatic rings. The van der Waals surface area contributed by atoms with Gasteiger partial charge in [-0.2, -0.15) is 8.99 Å². The van der Waals surface area contributed by atoms with Gasteiger partial charge in [-0.25, -0.2) is 8.42 Å². The predicted octanol–water partition coefficient (Wildman–Crippen LogP) is 2.41. The molecule has 1 aromatic heterocycles. The number of hydrogen-bond acceptors (Lipinski definition) is 6. The van der Waals surface area contributed by atoms with E-state index in [4.69, 9.17) is 16.6 Å². The third-order valence-corrected chi connectivity index (χ3v) is 8.79. The molecule has 0 saturated carbocycles. The lowest BCUT2D eigenvalue weighted by atomic mass is 10.2. The van der Waals surface area contributed by atoms with Crippen molar-refractivity contribution < 1.29 is 17.7 Å². The SMILES string of the molecule is O=S(=O)(c1cccc(-c2nn(C[NH+]3CCN(c4ccccc4)CC3)c(=S)o2)c1)N1CCCCC1. The van der Waals surface area contributed by atoms with E-state index in [0.717, 1.165) is 45.4 Å². The zero-order chi connectivity index (χ0) is 23.5. The second-order valence-electron chi connectivity index (χ2n) is 8.90. The number of anilines is 1. The maximum atomic E-state index is 13.1. The van der Waals surface area contributed by atoms with Crippen molar-refractivity contribution in [1.29, 1.82) is 0 Å². The Labute approximate surface area is 205 Å². The summed E-state index contributed by atoms with van der Waals surface area (Å²) in [5.74, 6) is 0.350. The molecule has 2 saturated heterocycles. The first-order valence-corrected chi connectivity index (χ1v) is 13.7. The van der Waals surface area contributed by atoms with Crippen molar-refractivity contribution in [1.82, 2.24) is 14.1 Å². The molecule has 2 fully saturated rings. The summed E-state index contributed by atoms with van der Waals surface area (Å²) in [6.07, 6.45) is 2.88. The van der Waals surface area contributed by atoms with E-state index in [9.17, 15) is 8.42 Å². The number of aromatic nitrogens is 2. The van der Waals surface area contributed by atoms with Crippen molar-refractivity contribution >= 4 is 27.9 Å². The van der Waals surface area contributed by atoms with Gasteiger partial charge in [0.15, 0.2) is 6.67 Å². The molecule has 0 radical (unpaired) electrons. The monoisotopic (exact) mass is 500 g/mol. The largest absolute Gasteiger partial charge is 0.409 e. The van der Waals surface area contributed by atoms with Crippen LogP contribution in [0.1, 0.15) is 19.3 Å². The van der Waals surface area contributed by atoms with E-state index >= 15 is 0 Å². The smallest absolute Gasteiger partial charge is 0.292 e. The van der Waals surface area contributed by atoms with Crippen LogP contribution in [0.15, 0.2) is 63.9 Å². The lowest BCUT2D eigenvalue weighted by Crippen LogP contribution is -3.14. The number of sulfonamides is 1. The molecule has 2 aliphatic heterocycles. The average Bonchev–Trinajstić information content (AvgIpc) is 3.25. The zero-order valence-corrected chi connectivity index (χ0v) is 20.7. The van der Waals surface area contributed by atoms with E-state index in [1.54, 1.807) is 27.2 Å². The van der Waals surface area contributed by atoms with Gasteiger partial charge in [0.25, 0.3) is 4.84 Å². The Bertz CT molecular complexity index is 1280. The number of rotatable bonds is 6. The van der Waals surface area contributed by atoms with Gasteiger partial charge in [0.1, 0.15) is 0 Å².